The molecule has 3 rings (SSSR count). The van der Waals surface area contributed by atoms with Crippen molar-refractivity contribution >= 4 is 28.4 Å². The molecule has 6 heteroatoms. The molecule has 1 aromatic heterocycles. The van der Waals surface area contributed by atoms with Crippen molar-refractivity contribution in [1.82, 2.24) is 9.88 Å². The molecule has 1 heterocycles. The molecule has 0 saturated heterocycles. The molecular weight excluding hydrogens is 352 g/mol. The quantitative estimate of drug-likeness (QED) is 0.668. The summed E-state index contributed by atoms with van der Waals surface area (Å²) in [5.74, 6) is -0.253. The monoisotopic (exact) mass is 372 g/mol. The zero-order valence-electron chi connectivity index (χ0n) is 14.5. The number of fused-ring (bicyclic) bond motifs is 1. The van der Waals surface area contributed by atoms with Crippen molar-refractivity contribution in [1.29, 1.82) is 0 Å². The Kier molecular flexibility index (Phi) is 5.93. The molecule has 0 bridgehead atoms. The van der Waals surface area contributed by atoms with Gasteiger partial charge in [0.15, 0.2) is 0 Å². The number of aliphatic hydroxyl groups excluding tert-OH is 1. The van der Waals surface area contributed by atoms with Crippen LogP contribution in [-0.2, 0) is 11.3 Å². The van der Waals surface area contributed by atoms with Crippen LogP contribution in [0.1, 0.15) is 22.0 Å². The maximum absolute atomic E-state index is 12.9. The van der Waals surface area contributed by atoms with Gasteiger partial charge >= 0.3 is 0 Å². The van der Waals surface area contributed by atoms with Gasteiger partial charge in [0.05, 0.1) is 24.8 Å². The minimum atomic E-state index is -0.472. The Bertz CT molecular complexity index is 893. The van der Waals surface area contributed by atoms with E-state index in [1.807, 2.05) is 41.0 Å². The summed E-state index contributed by atoms with van der Waals surface area (Å²) in [4.78, 5) is 12.9. The van der Waals surface area contributed by atoms with Crippen molar-refractivity contribution in [2.24, 2.45) is 0 Å². The molecule has 0 fully saturated rings. The normalized spacial score (nSPS) is 12.3. The molecular formula is C20H21ClN2O3. The fourth-order valence-electron chi connectivity index (χ4n) is 2.98. The Hall–Kier alpha value is -2.34. The highest BCUT2D eigenvalue weighted by atomic mass is 35.5. The third-order valence-electron chi connectivity index (χ3n) is 4.31. The van der Waals surface area contributed by atoms with Gasteiger partial charge in [0.25, 0.3) is 5.91 Å². The standard InChI is InChI=1S/C20H21ClN2O3/c1-26-10-9-23-12-17(16-11-15(21)7-8-19(16)23)20(25)22-18(13-24)14-5-3-2-4-6-14/h2-8,11-12,18,24H,9-10,13H2,1H3,(H,22,25). The molecule has 26 heavy (non-hydrogen) atoms. The fraction of sp³-hybridized carbons (Fsp3) is 0.250. The van der Waals surface area contributed by atoms with Gasteiger partial charge in [0.1, 0.15) is 0 Å². The van der Waals surface area contributed by atoms with E-state index in [9.17, 15) is 9.90 Å². The predicted molar refractivity (Wildman–Crippen MR) is 103 cm³/mol. The summed E-state index contributed by atoms with van der Waals surface area (Å²) in [5, 5.41) is 13.9. The van der Waals surface area contributed by atoms with Gasteiger partial charge in [0, 0.05) is 35.8 Å². The first-order valence-corrected chi connectivity index (χ1v) is 8.76. The molecule has 0 aliphatic rings. The first kappa shape index (κ1) is 18.5. The van der Waals surface area contributed by atoms with E-state index in [-0.39, 0.29) is 12.5 Å². The lowest BCUT2D eigenvalue weighted by atomic mass is 10.1. The first-order chi connectivity index (χ1) is 12.6. The van der Waals surface area contributed by atoms with E-state index in [0.29, 0.717) is 23.7 Å². The van der Waals surface area contributed by atoms with E-state index in [1.54, 1.807) is 25.4 Å². The number of benzene rings is 2. The molecule has 2 N–H and O–H groups in total. The third kappa shape index (κ3) is 3.90. The number of amides is 1. The summed E-state index contributed by atoms with van der Waals surface area (Å²) in [7, 11) is 1.64. The van der Waals surface area contributed by atoms with E-state index in [2.05, 4.69) is 5.32 Å². The number of methoxy groups -OCH3 is 1. The lowest BCUT2D eigenvalue weighted by molar-refractivity contribution is 0.0917. The number of ether oxygens (including phenoxy) is 1. The molecule has 0 aliphatic carbocycles. The topological polar surface area (TPSA) is 63.5 Å². The Balaban J connectivity index is 1.93. The van der Waals surface area contributed by atoms with E-state index in [4.69, 9.17) is 16.3 Å². The lowest BCUT2D eigenvalue weighted by Crippen LogP contribution is -2.30. The van der Waals surface area contributed by atoms with Crippen LogP contribution in [0.4, 0.5) is 0 Å². The molecule has 1 amide bonds. The average Bonchev–Trinajstić information content (AvgIpc) is 3.02. The highest BCUT2D eigenvalue weighted by molar-refractivity contribution is 6.31. The zero-order valence-corrected chi connectivity index (χ0v) is 15.2. The summed E-state index contributed by atoms with van der Waals surface area (Å²) in [6, 6.07) is 14.4. The van der Waals surface area contributed by atoms with Gasteiger partial charge in [0.2, 0.25) is 0 Å². The Morgan fingerprint density at radius 2 is 2.04 bits per heavy atom. The first-order valence-electron chi connectivity index (χ1n) is 8.38. The number of carbonyl (C=O) groups is 1. The summed E-state index contributed by atoms with van der Waals surface area (Å²) in [5.41, 5.74) is 2.29. The molecule has 2 aromatic carbocycles. The number of aromatic nitrogens is 1. The summed E-state index contributed by atoms with van der Waals surface area (Å²) in [6.07, 6.45) is 1.80. The Morgan fingerprint density at radius 1 is 1.27 bits per heavy atom. The fourth-order valence-corrected chi connectivity index (χ4v) is 3.15. The molecule has 5 nitrogen and oxygen atoms in total. The van der Waals surface area contributed by atoms with Crippen LogP contribution in [-0.4, -0.2) is 35.9 Å². The number of carbonyl (C=O) groups excluding carboxylic acids is 1. The number of hydrogen-bond donors (Lipinski definition) is 2. The number of halogens is 1. The van der Waals surface area contributed by atoms with Crippen LogP contribution < -0.4 is 5.32 Å². The van der Waals surface area contributed by atoms with E-state index in [0.717, 1.165) is 16.5 Å². The minimum absolute atomic E-state index is 0.182. The summed E-state index contributed by atoms with van der Waals surface area (Å²) < 4.78 is 7.12. The largest absolute Gasteiger partial charge is 0.394 e. The molecule has 136 valence electrons. The molecule has 0 radical (unpaired) electrons. The van der Waals surface area contributed by atoms with E-state index < -0.39 is 6.04 Å². The van der Waals surface area contributed by atoms with Gasteiger partial charge in [-0.2, -0.15) is 0 Å². The van der Waals surface area contributed by atoms with Gasteiger partial charge < -0.3 is 19.7 Å². The van der Waals surface area contributed by atoms with Crippen molar-refractivity contribution in [2.75, 3.05) is 20.3 Å². The molecule has 1 unspecified atom stereocenters. The molecule has 3 aromatic rings. The second-order valence-electron chi connectivity index (χ2n) is 6.01. The van der Waals surface area contributed by atoms with Crippen LogP contribution >= 0.6 is 11.6 Å². The van der Waals surface area contributed by atoms with Gasteiger partial charge in [-0.15, -0.1) is 0 Å². The number of nitrogens with one attached hydrogen (secondary N) is 1. The van der Waals surface area contributed by atoms with Crippen LogP contribution in [0.3, 0.4) is 0 Å². The summed E-state index contributed by atoms with van der Waals surface area (Å²) in [6.45, 7) is 0.986. The van der Waals surface area contributed by atoms with Crippen molar-refractivity contribution in [3.8, 4) is 0 Å². The second-order valence-corrected chi connectivity index (χ2v) is 6.45. The number of aliphatic hydroxyl groups is 1. The summed E-state index contributed by atoms with van der Waals surface area (Å²) >= 11 is 6.13. The van der Waals surface area contributed by atoms with Gasteiger partial charge in [-0.25, -0.2) is 0 Å². The average molecular weight is 373 g/mol. The molecule has 0 spiro atoms. The van der Waals surface area contributed by atoms with Crippen LogP contribution in [0.5, 0.6) is 0 Å². The van der Waals surface area contributed by atoms with Gasteiger partial charge in [-0.05, 0) is 23.8 Å². The Labute approximate surface area is 157 Å². The number of hydrogen-bond acceptors (Lipinski definition) is 3. The van der Waals surface area contributed by atoms with Crippen LogP contribution in [0, 0.1) is 0 Å². The number of nitrogens with zero attached hydrogens (tertiary/aromatic N) is 1. The van der Waals surface area contributed by atoms with Crippen molar-refractivity contribution in [2.45, 2.75) is 12.6 Å². The van der Waals surface area contributed by atoms with Crippen LogP contribution in [0.2, 0.25) is 5.02 Å². The maximum atomic E-state index is 12.9. The SMILES string of the molecule is COCCn1cc(C(=O)NC(CO)c2ccccc2)c2cc(Cl)ccc21. The molecule has 1 atom stereocenters. The lowest BCUT2D eigenvalue weighted by Gasteiger charge is -2.16. The second kappa shape index (κ2) is 8.36. The van der Waals surface area contributed by atoms with E-state index in [1.165, 1.54) is 0 Å². The number of rotatable bonds is 7. The van der Waals surface area contributed by atoms with Gasteiger partial charge in [-0.1, -0.05) is 41.9 Å². The highest BCUT2D eigenvalue weighted by Gasteiger charge is 2.19. The van der Waals surface area contributed by atoms with Crippen LogP contribution in [0.25, 0.3) is 10.9 Å². The smallest absolute Gasteiger partial charge is 0.254 e. The minimum Gasteiger partial charge on any atom is -0.394 e. The van der Waals surface area contributed by atoms with Crippen molar-refractivity contribution in [3.05, 3.63) is 70.9 Å². The highest BCUT2D eigenvalue weighted by Crippen LogP contribution is 2.26. The van der Waals surface area contributed by atoms with Crippen molar-refractivity contribution < 1.29 is 14.6 Å². The Morgan fingerprint density at radius 3 is 2.73 bits per heavy atom. The zero-order chi connectivity index (χ0) is 18.5. The predicted octanol–water partition coefficient (Wildman–Crippen LogP) is 3.40. The van der Waals surface area contributed by atoms with Crippen molar-refractivity contribution in [3.63, 3.8) is 0 Å². The van der Waals surface area contributed by atoms with Gasteiger partial charge in [-0.3, -0.25) is 4.79 Å². The third-order valence-corrected chi connectivity index (χ3v) is 4.55. The van der Waals surface area contributed by atoms with E-state index >= 15 is 0 Å². The molecule has 0 saturated carbocycles. The maximum Gasteiger partial charge on any atom is 0.254 e. The van der Waals surface area contributed by atoms with Crippen LogP contribution in [0.15, 0.2) is 54.7 Å². The molecule has 0 aliphatic heterocycles.